The van der Waals surface area contributed by atoms with Crippen LogP contribution in [0, 0.1) is 0 Å². The first-order chi connectivity index (χ1) is 53.4. The van der Waals surface area contributed by atoms with Crippen molar-refractivity contribution in [3.05, 3.63) is 224 Å². The molecule has 108 heavy (non-hydrogen) atoms. The predicted octanol–water partition coefficient (Wildman–Crippen LogP) is 31.4. The molecule has 0 saturated heterocycles. The fourth-order valence-electron chi connectivity index (χ4n) is 14.0. The Balaban J connectivity index is 1.04. The van der Waals surface area contributed by atoms with Gasteiger partial charge in [0, 0.05) is 0 Å². The van der Waals surface area contributed by atoms with Gasteiger partial charge in [-0.25, -0.2) is 0 Å². The Morgan fingerprint density at radius 3 is 0.500 bits per heavy atom. The topological polar surface area (TPSA) is 57.2 Å². The van der Waals surface area contributed by atoms with E-state index in [0.717, 1.165) is 147 Å². The van der Waals surface area contributed by atoms with Crippen molar-refractivity contribution in [1.29, 1.82) is 0 Å². The van der Waals surface area contributed by atoms with Gasteiger partial charge >= 0.3 is 0 Å². The van der Waals surface area contributed by atoms with Gasteiger partial charge in [-0.15, -0.1) is 0 Å². The van der Waals surface area contributed by atoms with Crippen molar-refractivity contribution < 1.29 is 24.1 Å². The zero-order chi connectivity index (χ0) is 75.6. The van der Waals surface area contributed by atoms with Crippen LogP contribution in [0.15, 0.2) is 152 Å². The second-order valence-corrected chi connectivity index (χ2v) is 30.4. The molecular weight excluding hydrogens is 1320 g/mol. The largest absolute Gasteiger partial charge is 0.494 e. The summed E-state index contributed by atoms with van der Waals surface area (Å²) in [5.41, 5.74) is 13.9. The molecule has 0 aromatic heterocycles. The van der Waals surface area contributed by atoms with Gasteiger partial charge in [0.15, 0.2) is 0 Å². The van der Waals surface area contributed by atoms with Crippen molar-refractivity contribution in [3.63, 3.8) is 0 Å². The second-order valence-electron chi connectivity index (χ2n) is 30.4. The average Bonchev–Trinajstić information content (AvgIpc) is 0.853. The van der Waals surface area contributed by atoms with Gasteiger partial charge in [-0.3, -0.25) is 0 Å². The van der Waals surface area contributed by atoms with Crippen molar-refractivity contribution >= 4 is 72.9 Å². The van der Waals surface area contributed by atoms with Crippen LogP contribution in [0.1, 0.15) is 357 Å². The Morgan fingerprint density at radius 1 is 0.185 bits per heavy atom. The highest BCUT2D eigenvalue weighted by Gasteiger charge is 2.07. The van der Waals surface area contributed by atoms with Crippen LogP contribution in [0.3, 0.4) is 0 Å². The molecule has 1 N–H and O–H groups in total. The third kappa shape index (κ3) is 40.0. The molecule has 7 aromatic carbocycles. The maximum absolute atomic E-state index is 10.7. The van der Waals surface area contributed by atoms with E-state index in [-0.39, 0.29) is 6.61 Å². The molecule has 582 valence electrons. The molecule has 0 heterocycles. The number of rotatable bonds is 61. The van der Waals surface area contributed by atoms with Crippen LogP contribution in [-0.4, -0.2) is 31.5 Å². The molecule has 5 nitrogen and oxygen atoms in total. The molecule has 0 saturated carbocycles. The van der Waals surface area contributed by atoms with Gasteiger partial charge in [0.25, 0.3) is 0 Å². The molecular formula is C103H140O5. The van der Waals surface area contributed by atoms with E-state index in [2.05, 4.69) is 252 Å². The van der Waals surface area contributed by atoms with Crippen LogP contribution in [0.5, 0.6) is 23.0 Å². The van der Waals surface area contributed by atoms with Crippen LogP contribution < -0.4 is 18.9 Å². The third-order valence-electron chi connectivity index (χ3n) is 20.6. The van der Waals surface area contributed by atoms with E-state index in [1.54, 1.807) is 0 Å². The summed E-state index contributed by atoms with van der Waals surface area (Å²) < 4.78 is 24.8. The minimum atomic E-state index is -0.0647. The fourth-order valence-corrected chi connectivity index (χ4v) is 14.0. The monoisotopic (exact) mass is 1460 g/mol. The summed E-state index contributed by atoms with van der Waals surface area (Å²) in [5.74, 6) is 3.69. The molecule has 0 unspecified atom stereocenters. The molecule has 0 aliphatic rings. The lowest BCUT2D eigenvalue weighted by atomic mass is 10.00. The summed E-state index contributed by atoms with van der Waals surface area (Å²) in [5, 5.41) is 10.7. The molecule has 7 rings (SSSR count). The number of aliphatic hydroxyl groups excluding tert-OH is 1. The van der Waals surface area contributed by atoms with E-state index < -0.39 is 0 Å². The zero-order valence-corrected chi connectivity index (χ0v) is 67.8. The van der Waals surface area contributed by atoms with E-state index in [1.807, 2.05) is 0 Å². The summed E-state index contributed by atoms with van der Waals surface area (Å²) in [7, 11) is 0. The highest BCUT2D eigenvalue weighted by molar-refractivity contribution is 5.82. The molecule has 7 aromatic rings. The van der Waals surface area contributed by atoms with E-state index >= 15 is 0 Å². The Kier molecular flexibility index (Phi) is 46.3. The summed E-state index contributed by atoms with van der Waals surface area (Å²) in [6.45, 7) is 12.1. The predicted molar refractivity (Wildman–Crippen MR) is 474 cm³/mol. The van der Waals surface area contributed by atoms with Gasteiger partial charge in [-0.05, 0) is 201 Å². The minimum Gasteiger partial charge on any atom is -0.494 e. The number of aliphatic hydroxyl groups is 1. The number of hydrogen-bond donors (Lipinski definition) is 1. The number of ether oxygens (including phenoxy) is 4. The number of unbranched alkanes of at least 4 members (excludes halogenated alkanes) is 36. The standard InChI is InChI=1S/C103H140O5/c1-5-9-13-17-21-25-29-33-37-41-73-105-100-65-57-87(58-66-100)45-49-91-77-92(50-46-88-59-67-101(68-60-88)106-74-42-38-34-30-26-22-18-14-10-6-2)80-95(79-91)53-55-97-83-98(85-99(84-97)86-104)56-54-96-81-93(51-47-89-61-69-102(70-62-89)107-75-43-39-35-31-27-23-19-15-11-7-3)78-94(82-96)52-48-90-63-71-103(72-64-90)108-76-44-40-36-32-28-24-20-16-12-8-4/h45-72,77-85,104H,5-44,73-76,86H2,1-4H3/b49-45+,50-46+,51-47+,52-48+,55-53+,56-54+. The maximum atomic E-state index is 10.7. The van der Waals surface area contributed by atoms with E-state index in [9.17, 15) is 5.11 Å². The van der Waals surface area contributed by atoms with Crippen LogP contribution in [0.2, 0.25) is 0 Å². The Morgan fingerprint density at radius 2 is 0.333 bits per heavy atom. The van der Waals surface area contributed by atoms with Crippen molar-refractivity contribution in [2.45, 2.75) is 291 Å². The van der Waals surface area contributed by atoms with Crippen LogP contribution in [0.4, 0.5) is 0 Å². The van der Waals surface area contributed by atoms with Crippen molar-refractivity contribution in [2.24, 2.45) is 0 Å². The number of hydrogen-bond acceptors (Lipinski definition) is 5. The average molecular weight is 1460 g/mol. The molecule has 0 atom stereocenters. The lowest BCUT2D eigenvalue weighted by Crippen LogP contribution is -1.97. The molecule has 0 amide bonds. The van der Waals surface area contributed by atoms with E-state index in [0.29, 0.717) is 0 Å². The molecule has 0 bridgehead atoms. The van der Waals surface area contributed by atoms with Gasteiger partial charge in [-0.2, -0.15) is 0 Å². The summed E-state index contributed by atoms with van der Waals surface area (Å²) in [4.78, 5) is 0. The van der Waals surface area contributed by atoms with Crippen molar-refractivity contribution in [3.8, 4) is 23.0 Å². The Labute approximate surface area is 657 Å². The SMILES string of the molecule is CCCCCCCCCCCCOc1ccc(/C=C/c2cc(/C=C/c3ccc(OCCCCCCCCCCCC)cc3)cc(/C=C/c3cc(/C=C/c4cc(/C=C/c5ccc(OCCCCCCCCCCCC)cc5)cc(/C=C/c5ccc(OCCCCCCCCCCCC)cc5)c4)cc(CO)c3)c2)cc1. The molecule has 0 aliphatic heterocycles. The van der Waals surface area contributed by atoms with Gasteiger partial charge in [-0.1, -0.05) is 380 Å². The summed E-state index contributed by atoms with van der Waals surface area (Å²) >= 11 is 0. The van der Waals surface area contributed by atoms with Gasteiger partial charge in [0.1, 0.15) is 23.0 Å². The Hall–Kier alpha value is -7.86. The molecule has 0 aliphatic carbocycles. The normalized spacial score (nSPS) is 11.9. The quantitative estimate of drug-likeness (QED) is 0.0304. The van der Waals surface area contributed by atoms with Gasteiger partial charge < -0.3 is 24.1 Å². The number of benzene rings is 7. The fraction of sp³-hybridized carbons (Fsp3) is 0.476. The first-order valence-electron chi connectivity index (χ1n) is 43.4. The summed E-state index contributed by atoms with van der Waals surface area (Å²) in [6.07, 6.45) is 78.9. The highest BCUT2D eigenvalue weighted by atomic mass is 16.5. The molecule has 0 fully saturated rings. The highest BCUT2D eigenvalue weighted by Crippen LogP contribution is 2.27. The van der Waals surface area contributed by atoms with Crippen LogP contribution in [0.25, 0.3) is 72.9 Å². The maximum Gasteiger partial charge on any atom is 0.119 e. The van der Waals surface area contributed by atoms with Crippen LogP contribution in [-0.2, 0) is 6.61 Å². The van der Waals surface area contributed by atoms with Gasteiger partial charge in [0.2, 0.25) is 0 Å². The first-order valence-corrected chi connectivity index (χ1v) is 43.4. The molecule has 0 radical (unpaired) electrons. The molecule has 5 heteroatoms. The van der Waals surface area contributed by atoms with Crippen molar-refractivity contribution in [1.82, 2.24) is 0 Å². The van der Waals surface area contributed by atoms with Gasteiger partial charge in [0.05, 0.1) is 33.0 Å². The third-order valence-corrected chi connectivity index (χ3v) is 20.6. The summed E-state index contributed by atoms with van der Waals surface area (Å²) in [6, 6.07) is 53.8. The molecule has 0 spiro atoms. The zero-order valence-electron chi connectivity index (χ0n) is 67.8. The Bertz CT molecular complexity index is 3190. The lowest BCUT2D eigenvalue weighted by Gasteiger charge is -2.07. The van der Waals surface area contributed by atoms with Crippen molar-refractivity contribution in [2.75, 3.05) is 26.4 Å². The second kappa shape index (κ2) is 57.3. The smallest absolute Gasteiger partial charge is 0.119 e. The van der Waals surface area contributed by atoms with Crippen LogP contribution >= 0.6 is 0 Å². The first kappa shape index (κ1) is 87.4. The van der Waals surface area contributed by atoms with E-state index in [1.165, 1.54) is 231 Å². The van der Waals surface area contributed by atoms with E-state index in [4.69, 9.17) is 18.9 Å². The lowest BCUT2D eigenvalue weighted by molar-refractivity contribution is 0.282. The minimum absolute atomic E-state index is 0.0647.